The summed E-state index contributed by atoms with van der Waals surface area (Å²) in [5, 5.41) is 0.446. The summed E-state index contributed by atoms with van der Waals surface area (Å²) in [5.74, 6) is -0.166. The lowest BCUT2D eigenvalue weighted by Crippen LogP contribution is -2.48. The molecular formula is C24H25ClN4O3S. The fourth-order valence-electron chi connectivity index (χ4n) is 3.80. The number of aromatic nitrogens is 1. The zero-order valence-electron chi connectivity index (χ0n) is 18.3. The lowest BCUT2D eigenvalue weighted by atomic mass is 10.1. The molecular weight excluding hydrogens is 460 g/mol. The topological polar surface area (TPSA) is 73.8 Å². The van der Waals surface area contributed by atoms with Crippen molar-refractivity contribution in [3.05, 3.63) is 89.2 Å². The van der Waals surface area contributed by atoms with Crippen LogP contribution in [0.3, 0.4) is 0 Å². The van der Waals surface area contributed by atoms with E-state index in [1.807, 2.05) is 12.1 Å². The van der Waals surface area contributed by atoms with E-state index in [-0.39, 0.29) is 10.8 Å². The Bertz CT molecular complexity index is 1230. The standard InChI is InChI=1S/C24H25ClN4O3S/c1-27(22-6-3-5-21(25)17-22)33(31,32)23-7-2-4-20(16-23)24(30)29-14-12-28(13-15-29)18-19-8-10-26-11-9-19/h2-11,16-17H,12-15,18H2,1H3. The average Bonchev–Trinajstić information content (AvgIpc) is 2.84. The van der Waals surface area contributed by atoms with E-state index in [9.17, 15) is 13.2 Å². The smallest absolute Gasteiger partial charge is 0.264 e. The number of anilines is 1. The fourth-order valence-corrected chi connectivity index (χ4v) is 5.21. The van der Waals surface area contributed by atoms with Gasteiger partial charge in [0.15, 0.2) is 0 Å². The van der Waals surface area contributed by atoms with Gasteiger partial charge in [0.05, 0.1) is 10.6 Å². The molecule has 9 heteroatoms. The van der Waals surface area contributed by atoms with Gasteiger partial charge >= 0.3 is 0 Å². The average molecular weight is 485 g/mol. The molecule has 0 saturated carbocycles. The van der Waals surface area contributed by atoms with Crippen LogP contribution in [0.2, 0.25) is 5.02 Å². The van der Waals surface area contributed by atoms with Gasteiger partial charge in [-0.2, -0.15) is 0 Å². The molecule has 0 radical (unpaired) electrons. The second-order valence-electron chi connectivity index (χ2n) is 7.90. The van der Waals surface area contributed by atoms with Gasteiger partial charge in [-0.05, 0) is 54.1 Å². The number of amides is 1. The summed E-state index contributed by atoms with van der Waals surface area (Å²) < 4.78 is 27.5. The Kier molecular flexibility index (Phi) is 6.97. The molecule has 1 aromatic heterocycles. The summed E-state index contributed by atoms with van der Waals surface area (Å²) in [5.41, 5.74) is 1.99. The van der Waals surface area contributed by atoms with Crippen molar-refractivity contribution in [3.8, 4) is 0 Å². The van der Waals surface area contributed by atoms with Crippen molar-refractivity contribution in [1.82, 2.24) is 14.8 Å². The largest absolute Gasteiger partial charge is 0.336 e. The van der Waals surface area contributed by atoms with E-state index < -0.39 is 10.0 Å². The third-order valence-electron chi connectivity index (χ3n) is 5.73. The summed E-state index contributed by atoms with van der Waals surface area (Å²) in [4.78, 5) is 21.3. The number of benzene rings is 2. The van der Waals surface area contributed by atoms with Gasteiger partial charge in [0.1, 0.15) is 0 Å². The molecule has 1 amide bonds. The lowest BCUT2D eigenvalue weighted by Gasteiger charge is -2.34. The Morgan fingerprint density at radius 1 is 1.00 bits per heavy atom. The van der Waals surface area contributed by atoms with Crippen LogP contribution in [0.15, 0.2) is 78.0 Å². The Morgan fingerprint density at radius 3 is 2.39 bits per heavy atom. The normalized spacial score (nSPS) is 14.8. The predicted molar refractivity (Wildman–Crippen MR) is 129 cm³/mol. The van der Waals surface area contributed by atoms with E-state index in [0.29, 0.717) is 29.4 Å². The van der Waals surface area contributed by atoms with Crippen molar-refractivity contribution in [2.24, 2.45) is 0 Å². The second-order valence-corrected chi connectivity index (χ2v) is 10.3. The summed E-state index contributed by atoms with van der Waals surface area (Å²) in [6, 6.07) is 16.8. The molecule has 0 atom stereocenters. The second kappa shape index (κ2) is 9.91. The van der Waals surface area contributed by atoms with Crippen molar-refractivity contribution in [1.29, 1.82) is 0 Å². The first-order valence-corrected chi connectivity index (χ1v) is 12.4. The van der Waals surface area contributed by atoms with Gasteiger partial charge in [-0.25, -0.2) is 8.42 Å². The molecule has 4 rings (SSSR count). The molecule has 3 aromatic rings. The Balaban J connectivity index is 1.45. The minimum Gasteiger partial charge on any atom is -0.336 e. The minimum absolute atomic E-state index is 0.0622. The zero-order chi connectivity index (χ0) is 23.4. The van der Waals surface area contributed by atoms with Crippen molar-refractivity contribution in [2.75, 3.05) is 37.5 Å². The number of hydrogen-bond donors (Lipinski definition) is 0. The lowest BCUT2D eigenvalue weighted by molar-refractivity contribution is 0.0628. The van der Waals surface area contributed by atoms with E-state index in [1.54, 1.807) is 53.7 Å². The molecule has 1 fully saturated rings. The van der Waals surface area contributed by atoms with Gasteiger partial charge in [0, 0.05) is 62.8 Å². The highest BCUT2D eigenvalue weighted by Crippen LogP contribution is 2.25. The summed E-state index contributed by atoms with van der Waals surface area (Å²) in [6.07, 6.45) is 3.56. The third-order valence-corrected chi connectivity index (χ3v) is 7.74. The number of hydrogen-bond acceptors (Lipinski definition) is 5. The first-order valence-electron chi connectivity index (χ1n) is 10.6. The molecule has 1 aliphatic rings. The number of nitrogens with zero attached hydrogens (tertiary/aromatic N) is 4. The maximum Gasteiger partial charge on any atom is 0.264 e. The van der Waals surface area contributed by atoms with Crippen LogP contribution in [0.4, 0.5) is 5.69 Å². The maximum atomic E-state index is 13.2. The van der Waals surface area contributed by atoms with Crippen LogP contribution >= 0.6 is 11.6 Å². The van der Waals surface area contributed by atoms with Crippen LogP contribution in [0.5, 0.6) is 0 Å². The molecule has 0 spiro atoms. The molecule has 33 heavy (non-hydrogen) atoms. The van der Waals surface area contributed by atoms with E-state index in [4.69, 9.17) is 11.6 Å². The Hall–Kier alpha value is -2.94. The van der Waals surface area contributed by atoms with Gasteiger partial charge in [0.2, 0.25) is 0 Å². The van der Waals surface area contributed by atoms with Gasteiger partial charge in [-0.3, -0.25) is 19.0 Å². The minimum atomic E-state index is -3.85. The van der Waals surface area contributed by atoms with E-state index in [2.05, 4.69) is 9.88 Å². The molecule has 1 aliphatic heterocycles. The highest BCUT2D eigenvalue weighted by Gasteiger charge is 2.26. The Labute approximate surface area is 199 Å². The molecule has 1 saturated heterocycles. The van der Waals surface area contributed by atoms with Gasteiger partial charge in [-0.1, -0.05) is 23.7 Å². The van der Waals surface area contributed by atoms with Crippen molar-refractivity contribution >= 4 is 33.2 Å². The van der Waals surface area contributed by atoms with E-state index in [0.717, 1.165) is 19.6 Å². The number of rotatable bonds is 6. The van der Waals surface area contributed by atoms with Crippen molar-refractivity contribution in [2.45, 2.75) is 11.4 Å². The summed E-state index contributed by atoms with van der Waals surface area (Å²) >= 11 is 6.02. The highest BCUT2D eigenvalue weighted by atomic mass is 35.5. The fraction of sp³-hybridized carbons (Fsp3) is 0.250. The predicted octanol–water partition coefficient (Wildman–Crippen LogP) is 3.52. The molecule has 0 N–H and O–H groups in total. The molecule has 0 unspecified atom stereocenters. The number of carbonyl (C=O) groups is 1. The van der Waals surface area contributed by atoms with Gasteiger partial charge in [0.25, 0.3) is 15.9 Å². The van der Waals surface area contributed by atoms with Crippen LogP contribution < -0.4 is 4.31 Å². The van der Waals surface area contributed by atoms with Crippen molar-refractivity contribution < 1.29 is 13.2 Å². The van der Waals surface area contributed by atoms with Crippen LogP contribution in [-0.2, 0) is 16.6 Å². The molecule has 2 aromatic carbocycles. The molecule has 172 valence electrons. The van der Waals surface area contributed by atoms with E-state index in [1.165, 1.54) is 29.0 Å². The third kappa shape index (κ3) is 5.35. The van der Waals surface area contributed by atoms with Gasteiger partial charge in [-0.15, -0.1) is 0 Å². The monoisotopic (exact) mass is 484 g/mol. The first kappa shape index (κ1) is 23.2. The first-order chi connectivity index (χ1) is 15.8. The van der Waals surface area contributed by atoms with Crippen LogP contribution in [-0.4, -0.2) is 62.3 Å². The van der Waals surface area contributed by atoms with E-state index >= 15 is 0 Å². The van der Waals surface area contributed by atoms with Gasteiger partial charge < -0.3 is 4.90 Å². The quantitative estimate of drug-likeness (QED) is 0.535. The molecule has 2 heterocycles. The number of carbonyl (C=O) groups excluding carboxylic acids is 1. The number of sulfonamides is 1. The summed E-state index contributed by atoms with van der Waals surface area (Å²) in [6.45, 7) is 3.49. The molecule has 0 aliphatic carbocycles. The van der Waals surface area contributed by atoms with Crippen molar-refractivity contribution in [3.63, 3.8) is 0 Å². The number of piperazine rings is 1. The van der Waals surface area contributed by atoms with Crippen LogP contribution in [0.25, 0.3) is 0 Å². The van der Waals surface area contributed by atoms with Crippen LogP contribution in [0, 0.1) is 0 Å². The zero-order valence-corrected chi connectivity index (χ0v) is 19.8. The molecule has 7 nitrogen and oxygen atoms in total. The SMILES string of the molecule is CN(c1cccc(Cl)c1)S(=O)(=O)c1cccc(C(=O)N2CCN(Cc3ccncc3)CC2)c1. The highest BCUT2D eigenvalue weighted by molar-refractivity contribution is 7.92. The number of halogens is 1. The Morgan fingerprint density at radius 2 is 1.70 bits per heavy atom. The number of pyridine rings is 1. The van der Waals surface area contributed by atoms with Crippen LogP contribution in [0.1, 0.15) is 15.9 Å². The maximum absolute atomic E-state index is 13.2. The summed E-state index contributed by atoms with van der Waals surface area (Å²) in [7, 11) is -2.38. The molecule has 0 bridgehead atoms.